The molecule has 0 atom stereocenters. The molecular formula is C20H18O4. The van der Waals surface area contributed by atoms with Crippen LogP contribution in [-0.4, -0.2) is 25.2 Å². The lowest BCUT2D eigenvalue weighted by Gasteiger charge is -2.03. The zero-order valence-corrected chi connectivity index (χ0v) is 13.2. The highest BCUT2D eigenvalue weighted by molar-refractivity contribution is 5.87. The molecule has 0 aliphatic carbocycles. The van der Waals surface area contributed by atoms with Gasteiger partial charge < -0.3 is 9.47 Å². The maximum absolute atomic E-state index is 11.6. The van der Waals surface area contributed by atoms with E-state index in [0.29, 0.717) is 0 Å². The zero-order valence-electron chi connectivity index (χ0n) is 13.2. The van der Waals surface area contributed by atoms with Crippen LogP contribution in [0.15, 0.2) is 73.3 Å². The lowest BCUT2D eigenvalue weighted by molar-refractivity contribution is -0.145. The Morgan fingerprint density at radius 2 is 1.54 bits per heavy atom. The number of rotatable bonds is 7. The third kappa shape index (κ3) is 5.57. The van der Waals surface area contributed by atoms with Gasteiger partial charge in [0.2, 0.25) is 0 Å². The van der Waals surface area contributed by atoms with E-state index in [0.717, 1.165) is 22.8 Å². The van der Waals surface area contributed by atoms with Crippen molar-refractivity contribution in [1.29, 1.82) is 0 Å². The van der Waals surface area contributed by atoms with Crippen molar-refractivity contribution in [2.45, 2.75) is 0 Å². The Kier molecular flexibility index (Phi) is 6.53. The minimum Gasteiger partial charge on any atom is -0.459 e. The van der Waals surface area contributed by atoms with Crippen molar-refractivity contribution in [3.63, 3.8) is 0 Å². The second-order valence-corrected chi connectivity index (χ2v) is 4.86. The number of benzene rings is 2. The van der Waals surface area contributed by atoms with Crippen LogP contribution in [0.5, 0.6) is 0 Å². The fraction of sp³-hybridized carbons (Fsp3) is 0.100. The standard InChI is InChI=1S/C20H18O4/c1-2-19(21)23-13-14-24-20(22)12-11-16-7-6-10-18(15-16)17-8-4-3-5-9-17/h2-12,15H,1,13-14H2. The summed E-state index contributed by atoms with van der Waals surface area (Å²) in [5.74, 6) is -1.03. The number of carbonyl (C=O) groups is 2. The molecule has 0 amide bonds. The van der Waals surface area contributed by atoms with Gasteiger partial charge in [0.1, 0.15) is 13.2 Å². The molecule has 24 heavy (non-hydrogen) atoms. The Bertz CT molecular complexity index is 732. The topological polar surface area (TPSA) is 52.6 Å². The summed E-state index contributed by atoms with van der Waals surface area (Å²) in [6.07, 6.45) is 4.09. The summed E-state index contributed by atoms with van der Waals surface area (Å²) in [5, 5.41) is 0. The van der Waals surface area contributed by atoms with Gasteiger partial charge in [0.05, 0.1) is 0 Å². The van der Waals surface area contributed by atoms with Gasteiger partial charge in [-0.2, -0.15) is 0 Å². The third-order valence-electron chi connectivity index (χ3n) is 3.14. The van der Waals surface area contributed by atoms with E-state index < -0.39 is 11.9 Å². The Hall–Kier alpha value is -3.14. The largest absolute Gasteiger partial charge is 0.459 e. The maximum atomic E-state index is 11.6. The average molecular weight is 322 g/mol. The molecule has 4 heteroatoms. The molecule has 0 aliphatic heterocycles. The normalized spacial score (nSPS) is 10.3. The van der Waals surface area contributed by atoms with E-state index in [4.69, 9.17) is 9.47 Å². The fourth-order valence-electron chi connectivity index (χ4n) is 2.01. The first-order chi connectivity index (χ1) is 11.7. The van der Waals surface area contributed by atoms with Crippen molar-refractivity contribution >= 4 is 18.0 Å². The van der Waals surface area contributed by atoms with Gasteiger partial charge in [0.25, 0.3) is 0 Å². The molecule has 0 aromatic heterocycles. The summed E-state index contributed by atoms with van der Waals surface area (Å²) >= 11 is 0. The van der Waals surface area contributed by atoms with Gasteiger partial charge >= 0.3 is 11.9 Å². The molecule has 0 spiro atoms. The molecule has 0 N–H and O–H groups in total. The van der Waals surface area contributed by atoms with Crippen molar-refractivity contribution in [3.05, 3.63) is 78.9 Å². The Morgan fingerprint density at radius 3 is 2.25 bits per heavy atom. The van der Waals surface area contributed by atoms with Crippen LogP contribution in [0.1, 0.15) is 5.56 Å². The molecular weight excluding hydrogens is 304 g/mol. The molecule has 0 fully saturated rings. The minimum atomic E-state index is -0.542. The molecule has 0 saturated carbocycles. The maximum Gasteiger partial charge on any atom is 0.330 e. The van der Waals surface area contributed by atoms with E-state index in [1.54, 1.807) is 6.08 Å². The average Bonchev–Trinajstić information content (AvgIpc) is 2.64. The van der Waals surface area contributed by atoms with Gasteiger partial charge in [-0.15, -0.1) is 0 Å². The zero-order chi connectivity index (χ0) is 17.2. The van der Waals surface area contributed by atoms with Crippen LogP contribution in [0.4, 0.5) is 0 Å². The molecule has 2 rings (SSSR count). The van der Waals surface area contributed by atoms with Gasteiger partial charge in [-0.1, -0.05) is 55.1 Å². The Labute approximate surface area is 141 Å². The number of hydrogen-bond acceptors (Lipinski definition) is 4. The molecule has 0 aliphatic rings. The predicted molar refractivity (Wildman–Crippen MR) is 93.0 cm³/mol. The molecule has 4 nitrogen and oxygen atoms in total. The second-order valence-electron chi connectivity index (χ2n) is 4.86. The molecule has 122 valence electrons. The summed E-state index contributed by atoms with van der Waals surface area (Å²) < 4.78 is 9.65. The predicted octanol–water partition coefficient (Wildman–Crippen LogP) is 3.64. The van der Waals surface area contributed by atoms with E-state index in [1.807, 2.05) is 54.6 Å². The van der Waals surface area contributed by atoms with Crippen LogP contribution < -0.4 is 0 Å². The highest BCUT2D eigenvalue weighted by Gasteiger charge is 2.00. The quantitative estimate of drug-likeness (QED) is 0.444. The summed E-state index contributed by atoms with van der Waals surface area (Å²) in [6.45, 7) is 3.29. The van der Waals surface area contributed by atoms with Crippen molar-refractivity contribution in [2.75, 3.05) is 13.2 Å². The molecule has 0 bridgehead atoms. The fourth-order valence-corrected chi connectivity index (χ4v) is 2.01. The van der Waals surface area contributed by atoms with Gasteiger partial charge in [0.15, 0.2) is 0 Å². The van der Waals surface area contributed by atoms with Gasteiger partial charge in [0, 0.05) is 12.2 Å². The van der Waals surface area contributed by atoms with E-state index >= 15 is 0 Å². The summed E-state index contributed by atoms with van der Waals surface area (Å²) in [5.41, 5.74) is 3.08. The van der Waals surface area contributed by atoms with Crippen molar-refractivity contribution in [2.24, 2.45) is 0 Å². The van der Waals surface area contributed by atoms with Crippen molar-refractivity contribution in [3.8, 4) is 11.1 Å². The lowest BCUT2D eigenvalue weighted by Crippen LogP contribution is -2.11. The van der Waals surface area contributed by atoms with E-state index in [2.05, 4.69) is 6.58 Å². The van der Waals surface area contributed by atoms with Gasteiger partial charge in [-0.3, -0.25) is 0 Å². The highest BCUT2D eigenvalue weighted by atomic mass is 16.6. The molecule has 2 aromatic rings. The van der Waals surface area contributed by atoms with Gasteiger partial charge in [-0.05, 0) is 28.8 Å². The Morgan fingerprint density at radius 1 is 0.875 bits per heavy atom. The smallest absolute Gasteiger partial charge is 0.330 e. The van der Waals surface area contributed by atoms with Crippen molar-refractivity contribution in [1.82, 2.24) is 0 Å². The number of esters is 2. The Balaban J connectivity index is 1.88. The number of carbonyl (C=O) groups excluding carboxylic acids is 2. The number of ether oxygens (including phenoxy) is 2. The van der Waals surface area contributed by atoms with Gasteiger partial charge in [-0.25, -0.2) is 9.59 Å². The lowest BCUT2D eigenvalue weighted by atomic mass is 10.0. The van der Waals surface area contributed by atoms with Crippen LogP contribution in [0.25, 0.3) is 17.2 Å². The van der Waals surface area contributed by atoms with E-state index in [-0.39, 0.29) is 13.2 Å². The summed E-state index contributed by atoms with van der Waals surface area (Å²) in [4.78, 5) is 22.4. The van der Waals surface area contributed by atoms with Crippen LogP contribution in [0, 0.1) is 0 Å². The van der Waals surface area contributed by atoms with Crippen LogP contribution in [0.3, 0.4) is 0 Å². The van der Waals surface area contributed by atoms with Crippen LogP contribution >= 0.6 is 0 Å². The monoisotopic (exact) mass is 322 g/mol. The second kappa shape index (κ2) is 9.10. The van der Waals surface area contributed by atoms with Crippen LogP contribution in [0.2, 0.25) is 0 Å². The molecule has 0 radical (unpaired) electrons. The summed E-state index contributed by atoms with van der Waals surface area (Å²) in [7, 11) is 0. The minimum absolute atomic E-state index is 0.00675. The molecule has 0 saturated heterocycles. The first-order valence-corrected chi connectivity index (χ1v) is 7.48. The summed E-state index contributed by atoms with van der Waals surface area (Å²) in [6, 6.07) is 17.8. The molecule has 0 heterocycles. The van der Waals surface area contributed by atoms with E-state index in [9.17, 15) is 9.59 Å². The van der Waals surface area contributed by atoms with Crippen LogP contribution in [-0.2, 0) is 19.1 Å². The first-order valence-electron chi connectivity index (χ1n) is 7.48. The van der Waals surface area contributed by atoms with E-state index in [1.165, 1.54) is 6.08 Å². The highest BCUT2D eigenvalue weighted by Crippen LogP contribution is 2.20. The van der Waals surface area contributed by atoms with Crippen molar-refractivity contribution < 1.29 is 19.1 Å². The SMILES string of the molecule is C=CC(=O)OCCOC(=O)C=Cc1cccc(-c2ccccc2)c1. The molecule has 0 unspecified atom stereocenters. The third-order valence-corrected chi connectivity index (χ3v) is 3.14. The first kappa shape index (κ1) is 17.2. The number of hydrogen-bond donors (Lipinski definition) is 0. The molecule has 2 aromatic carbocycles.